The van der Waals surface area contributed by atoms with Gasteiger partial charge in [0.2, 0.25) is 6.10 Å². The minimum atomic E-state index is -0.818. The molecule has 0 aromatic heterocycles. The fraction of sp³-hybridized carbons (Fsp3) is 0.400. The van der Waals surface area contributed by atoms with Crippen molar-refractivity contribution in [3.8, 4) is 11.5 Å². The van der Waals surface area contributed by atoms with E-state index < -0.39 is 6.10 Å². The van der Waals surface area contributed by atoms with Crippen molar-refractivity contribution in [3.63, 3.8) is 0 Å². The van der Waals surface area contributed by atoms with Crippen molar-refractivity contribution in [2.45, 2.75) is 37.9 Å². The zero-order valence-electron chi connectivity index (χ0n) is 17.7. The summed E-state index contributed by atoms with van der Waals surface area (Å²) in [5, 5.41) is 0. The van der Waals surface area contributed by atoms with Crippen LogP contribution < -0.4 is 9.47 Å². The number of hydrogen-bond donors (Lipinski definition) is 0. The van der Waals surface area contributed by atoms with E-state index in [0.717, 1.165) is 55.6 Å². The number of ether oxygens (including phenoxy) is 3. The van der Waals surface area contributed by atoms with Gasteiger partial charge < -0.3 is 19.1 Å². The van der Waals surface area contributed by atoms with Crippen molar-refractivity contribution in [2.24, 2.45) is 0 Å². The fourth-order valence-electron chi connectivity index (χ4n) is 4.18. The van der Waals surface area contributed by atoms with Crippen molar-refractivity contribution < 1.29 is 19.0 Å². The smallest absolute Gasteiger partial charge is 0.352 e. The van der Waals surface area contributed by atoms with Gasteiger partial charge in [0.1, 0.15) is 17.6 Å². The molecule has 0 spiro atoms. The second-order valence-electron chi connectivity index (χ2n) is 7.99. The van der Waals surface area contributed by atoms with Gasteiger partial charge in [-0.05, 0) is 68.1 Å². The number of hydrogen-bond acceptors (Lipinski definition) is 5. The highest BCUT2D eigenvalue weighted by Crippen LogP contribution is 2.35. The van der Waals surface area contributed by atoms with E-state index in [1.807, 2.05) is 49.5 Å². The standard InChI is InChI=1S/C25H29NO4/c1-26-16-15-21(17-26)30-25(27)24(29-20-13-11-19(28-2)12-14-20)23-10-6-5-9-22(23)18-7-3-4-8-18/h5-7,9-14,21,24H,3-4,8,15-17H2,1-2H3. The van der Waals surface area contributed by atoms with Crippen LogP contribution >= 0.6 is 0 Å². The Balaban J connectivity index is 1.63. The highest BCUT2D eigenvalue weighted by atomic mass is 16.6. The van der Waals surface area contributed by atoms with Crippen LogP contribution in [0, 0.1) is 0 Å². The molecule has 1 heterocycles. The van der Waals surface area contributed by atoms with Crippen LogP contribution in [-0.2, 0) is 9.53 Å². The minimum absolute atomic E-state index is 0.0951. The molecule has 5 nitrogen and oxygen atoms in total. The number of benzene rings is 2. The average Bonchev–Trinajstić information content (AvgIpc) is 3.44. The normalized spacial score (nSPS) is 19.9. The number of carbonyl (C=O) groups excluding carboxylic acids is 1. The molecule has 5 heteroatoms. The highest BCUT2D eigenvalue weighted by molar-refractivity contribution is 5.81. The zero-order chi connectivity index (χ0) is 20.9. The van der Waals surface area contributed by atoms with Crippen molar-refractivity contribution in [3.05, 3.63) is 65.7 Å². The maximum absolute atomic E-state index is 13.3. The summed E-state index contributed by atoms with van der Waals surface area (Å²) in [6.45, 7) is 1.69. The van der Waals surface area contributed by atoms with E-state index in [-0.39, 0.29) is 12.1 Å². The summed E-state index contributed by atoms with van der Waals surface area (Å²) in [4.78, 5) is 15.5. The van der Waals surface area contributed by atoms with E-state index >= 15 is 0 Å². The van der Waals surface area contributed by atoms with E-state index in [2.05, 4.69) is 17.0 Å². The molecule has 0 bridgehead atoms. The minimum Gasteiger partial charge on any atom is -0.497 e. The molecule has 2 atom stereocenters. The van der Waals surface area contributed by atoms with E-state index in [4.69, 9.17) is 14.2 Å². The third-order valence-corrected chi connectivity index (χ3v) is 5.79. The molecule has 1 aliphatic heterocycles. The average molecular weight is 408 g/mol. The van der Waals surface area contributed by atoms with Crippen LogP contribution in [0.3, 0.4) is 0 Å². The number of esters is 1. The largest absolute Gasteiger partial charge is 0.497 e. The summed E-state index contributed by atoms with van der Waals surface area (Å²) in [5.74, 6) is 1.01. The lowest BCUT2D eigenvalue weighted by molar-refractivity contribution is -0.157. The Labute approximate surface area is 178 Å². The number of likely N-dealkylation sites (tertiary alicyclic amines) is 1. The topological polar surface area (TPSA) is 48.0 Å². The first-order valence-corrected chi connectivity index (χ1v) is 10.6. The molecule has 2 aromatic carbocycles. The molecule has 0 amide bonds. The Bertz CT molecular complexity index is 906. The number of methoxy groups -OCH3 is 1. The summed E-state index contributed by atoms with van der Waals surface area (Å²) >= 11 is 0. The van der Waals surface area contributed by atoms with Gasteiger partial charge in [0.15, 0.2) is 0 Å². The Morgan fingerprint density at radius 3 is 2.53 bits per heavy atom. The van der Waals surface area contributed by atoms with Gasteiger partial charge >= 0.3 is 5.97 Å². The predicted octanol–water partition coefficient (Wildman–Crippen LogP) is 4.63. The van der Waals surface area contributed by atoms with Crippen LogP contribution in [0.15, 0.2) is 54.6 Å². The maximum Gasteiger partial charge on any atom is 0.352 e. The molecule has 158 valence electrons. The second kappa shape index (κ2) is 9.35. The van der Waals surface area contributed by atoms with Gasteiger partial charge in [-0.15, -0.1) is 0 Å². The van der Waals surface area contributed by atoms with Gasteiger partial charge in [0.25, 0.3) is 0 Å². The molecular weight excluding hydrogens is 378 g/mol. The van der Waals surface area contributed by atoms with E-state index in [1.54, 1.807) is 7.11 Å². The Morgan fingerprint density at radius 1 is 1.10 bits per heavy atom. The lowest BCUT2D eigenvalue weighted by atomic mass is 9.95. The molecule has 30 heavy (non-hydrogen) atoms. The van der Waals surface area contributed by atoms with Crippen LogP contribution in [0.5, 0.6) is 11.5 Å². The Kier molecular flexibility index (Phi) is 6.38. The van der Waals surface area contributed by atoms with Gasteiger partial charge in [-0.25, -0.2) is 4.79 Å². The van der Waals surface area contributed by atoms with Crippen molar-refractivity contribution >= 4 is 11.5 Å². The van der Waals surface area contributed by atoms with Crippen LogP contribution in [0.25, 0.3) is 5.57 Å². The number of nitrogens with zero attached hydrogens (tertiary/aromatic N) is 1. The summed E-state index contributed by atoms with van der Waals surface area (Å²) in [7, 11) is 3.67. The van der Waals surface area contributed by atoms with Crippen LogP contribution in [0.2, 0.25) is 0 Å². The Morgan fingerprint density at radius 2 is 1.87 bits per heavy atom. The molecule has 4 rings (SSSR count). The Hall–Kier alpha value is -2.79. The molecule has 0 saturated carbocycles. The van der Waals surface area contributed by atoms with Gasteiger partial charge in [-0.1, -0.05) is 30.3 Å². The first kappa shape index (κ1) is 20.5. The van der Waals surface area contributed by atoms with Crippen LogP contribution in [0.1, 0.15) is 42.9 Å². The maximum atomic E-state index is 13.3. The highest BCUT2D eigenvalue weighted by Gasteiger charge is 2.32. The van der Waals surface area contributed by atoms with Gasteiger partial charge in [0, 0.05) is 18.7 Å². The van der Waals surface area contributed by atoms with E-state index in [1.165, 1.54) is 5.57 Å². The summed E-state index contributed by atoms with van der Waals surface area (Å²) in [6.07, 6.45) is 5.45. The molecule has 1 saturated heterocycles. The lowest BCUT2D eigenvalue weighted by Gasteiger charge is -2.23. The predicted molar refractivity (Wildman–Crippen MR) is 117 cm³/mol. The third-order valence-electron chi connectivity index (χ3n) is 5.79. The van der Waals surface area contributed by atoms with Gasteiger partial charge in [0.05, 0.1) is 7.11 Å². The summed E-state index contributed by atoms with van der Waals surface area (Å²) in [5.41, 5.74) is 3.22. The number of allylic oxidation sites excluding steroid dienone is 2. The van der Waals surface area contributed by atoms with E-state index in [9.17, 15) is 4.79 Å². The monoisotopic (exact) mass is 407 g/mol. The molecule has 2 aliphatic rings. The molecule has 0 N–H and O–H groups in total. The fourth-order valence-corrected chi connectivity index (χ4v) is 4.18. The molecule has 2 unspecified atom stereocenters. The zero-order valence-corrected chi connectivity index (χ0v) is 17.7. The first-order chi connectivity index (χ1) is 14.6. The van der Waals surface area contributed by atoms with Gasteiger partial charge in [-0.3, -0.25) is 0 Å². The molecule has 0 radical (unpaired) electrons. The lowest BCUT2D eigenvalue weighted by Crippen LogP contribution is -2.28. The first-order valence-electron chi connectivity index (χ1n) is 10.6. The molecule has 1 aliphatic carbocycles. The second-order valence-corrected chi connectivity index (χ2v) is 7.99. The third kappa shape index (κ3) is 4.68. The van der Waals surface area contributed by atoms with E-state index in [0.29, 0.717) is 5.75 Å². The summed E-state index contributed by atoms with van der Waals surface area (Å²) in [6, 6.07) is 15.3. The SMILES string of the molecule is COc1ccc(OC(C(=O)OC2CCN(C)C2)c2ccccc2C2=CCCC2)cc1. The summed E-state index contributed by atoms with van der Waals surface area (Å²) < 4.78 is 17.3. The molecule has 1 fully saturated rings. The molecule has 2 aromatic rings. The quantitative estimate of drug-likeness (QED) is 0.627. The van der Waals surface area contributed by atoms with Gasteiger partial charge in [-0.2, -0.15) is 0 Å². The number of rotatable bonds is 7. The van der Waals surface area contributed by atoms with Crippen LogP contribution in [0.4, 0.5) is 0 Å². The number of carbonyl (C=O) groups is 1. The molecular formula is C25H29NO4. The van der Waals surface area contributed by atoms with Crippen molar-refractivity contribution in [1.29, 1.82) is 0 Å². The van der Waals surface area contributed by atoms with Crippen molar-refractivity contribution in [2.75, 3.05) is 27.2 Å². The number of likely N-dealkylation sites (N-methyl/N-ethyl adjacent to an activating group) is 1. The van der Waals surface area contributed by atoms with Crippen molar-refractivity contribution in [1.82, 2.24) is 4.90 Å². The van der Waals surface area contributed by atoms with Crippen LogP contribution in [-0.4, -0.2) is 44.2 Å².